The topological polar surface area (TPSA) is 107 Å². The van der Waals surface area contributed by atoms with Gasteiger partial charge < -0.3 is 5.32 Å². The highest BCUT2D eigenvalue weighted by Crippen LogP contribution is 2.30. The van der Waals surface area contributed by atoms with Gasteiger partial charge in [-0.2, -0.15) is 0 Å². The van der Waals surface area contributed by atoms with Crippen LogP contribution in [-0.4, -0.2) is 26.1 Å². The SMILES string of the molecule is C=CCn1c(SCC(=O)Nc2ccc(Cl)cc2[N+](=O)[O-])nc2sc(C)c(C)c2c1=O. The van der Waals surface area contributed by atoms with Crippen LogP contribution in [0.25, 0.3) is 10.2 Å². The molecule has 3 aromatic rings. The third kappa shape index (κ3) is 4.40. The monoisotopic (exact) mass is 464 g/mol. The van der Waals surface area contributed by atoms with Crippen LogP contribution < -0.4 is 10.9 Å². The molecule has 1 amide bonds. The number of nitro groups is 1. The van der Waals surface area contributed by atoms with E-state index in [0.717, 1.165) is 22.2 Å². The largest absolute Gasteiger partial charge is 0.320 e. The molecular weight excluding hydrogens is 448 g/mol. The molecule has 8 nitrogen and oxygen atoms in total. The van der Waals surface area contributed by atoms with Gasteiger partial charge in [-0.05, 0) is 31.5 Å². The number of carbonyl (C=O) groups is 1. The summed E-state index contributed by atoms with van der Waals surface area (Å²) in [6, 6.07) is 4.00. The van der Waals surface area contributed by atoms with E-state index in [9.17, 15) is 19.7 Å². The van der Waals surface area contributed by atoms with Crippen molar-refractivity contribution in [2.24, 2.45) is 0 Å². The van der Waals surface area contributed by atoms with E-state index in [1.165, 1.54) is 34.1 Å². The van der Waals surface area contributed by atoms with Crippen molar-refractivity contribution in [1.82, 2.24) is 9.55 Å². The van der Waals surface area contributed by atoms with Crippen LogP contribution in [0.2, 0.25) is 5.02 Å². The third-order valence-electron chi connectivity index (χ3n) is 4.33. The summed E-state index contributed by atoms with van der Waals surface area (Å²) < 4.78 is 1.47. The van der Waals surface area contributed by atoms with Crippen molar-refractivity contribution in [3.05, 3.63) is 66.8 Å². The molecule has 1 N–H and O–H groups in total. The second-order valence-corrected chi connectivity index (χ2v) is 8.90. The summed E-state index contributed by atoms with van der Waals surface area (Å²) in [5.74, 6) is -0.554. The fourth-order valence-electron chi connectivity index (χ4n) is 2.79. The lowest BCUT2D eigenvalue weighted by molar-refractivity contribution is -0.383. The van der Waals surface area contributed by atoms with Crippen molar-refractivity contribution in [3.63, 3.8) is 0 Å². The van der Waals surface area contributed by atoms with Gasteiger partial charge in [0.15, 0.2) is 5.16 Å². The molecule has 2 aromatic heterocycles. The van der Waals surface area contributed by atoms with Crippen LogP contribution >= 0.6 is 34.7 Å². The van der Waals surface area contributed by atoms with E-state index in [1.807, 2.05) is 13.8 Å². The predicted molar refractivity (Wildman–Crippen MR) is 121 cm³/mol. The molecule has 0 atom stereocenters. The normalized spacial score (nSPS) is 10.9. The summed E-state index contributed by atoms with van der Waals surface area (Å²) in [6.07, 6.45) is 1.59. The minimum absolute atomic E-state index is 0.0476. The van der Waals surface area contributed by atoms with E-state index in [4.69, 9.17) is 11.6 Å². The lowest BCUT2D eigenvalue weighted by atomic mass is 10.2. The van der Waals surface area contributed by atoms with Gasteiger partial charge >= 0.3 is 0 Å². The van der Waals surface area contributed by atoms with E-state index in [2.05, 4.69) is 16.9 Å². The van der Waals surface area contributed by atoms with Gasteiger partial charge in [0.2, 0.25) is 5.91 Å². The van der Waals surface area contributed by atoms with Crippen LogP contribution in [0.3, 0.4) is 0 Å². The number of benzene rings is 1. The second-order valence-electron chi connectivity index (χ2n) is 6.32. The van der Waals surface area contributed by atoms with Gasteiger partial charge in [-0.25, -0.2) is 4.98 Å². The molecule has 0 aliphatic carbocycles. The fourth-order valence-corrected chi connectivity index (χ4v) is 4.83. The van der Waals surface area contributed by atoms with Crippen molar-refractivity contribution in [1.29, 1.82) is 0 Å². The first-order chi connectivity index (χ1) is 14.2. The molecule has 1 aromatic carbocycles. The summed E-state index contributed by atoms with van der Waals surface area (Å²) in [5.41, 5.74) is 0.465. The summed E-state index contributed by atoms with van der Waals surface area (Å²) in [5, 5.41) is 14.8. The van der Waals surface area contributed by atoms with Gasteiger partial charge in [0, 0.05) is 22.5 Å². The average molecular weight is 465 g/mol. The Morgan fingerprint density at radius 1 is 1.47 bits per heavy atom. The minimum atomic E-state index is -0.618. The molecule has 2 heterocycles. The van der Waals surface area contributed by atoms with Gasteiger partial charge in [-0.3, -0.25) is 24.3 Å². The van der Waals surface area contributed by atoms with Gasteiger partial charge in [0.05, 0.1) is 16.1 Å². The highest BCUT2D eigenvalue weighted by atomic mass is 35.5. The predicted octanol–water partition coefficient (Wildman–Crippen LogP) is 4.55. The number of nitrogens with zero attached hydrogens (tertiary/aromatic N) is 3. The third-order valence-corrected chi connectivity index (χ3v) is 6.64. The molecule has 0 fully saturated rings. The number of fused-ring (bicyclic) bond motifs is 1. The van der Waals surface area contributed by atoms with Crippen LogP contribution in [0.1, 0.15) is 10.4 Å². The Kier molecular flexibility index (Phi) is 6.59. The molecule has 0 aliphatic rings. The smallest absolute Gasteiger partial charge is 0.294 e. The molecule has 3 rings (SSSR count). The van der Waals surface area contributed by atoms with Crippen molar-refractivity contribution >= 4 is 62.2 Å². The molecule has 0 bridgehead atoms. The first-order valence-corrected chi connectivity index (χ1v) is 10.9. The fraction of sp³-hybridized carbons (Fsp3) is 0.211. The Morgan fingerprint density at radius 2 is 2.20 bits per heavy atom. The first kappa shape index (κ1) is 22.0. The maximum absolute atomic E-state index is 12.9. The molecule has 0 spiro atoms. The Balaban J connectivity index is 1.86. The minimum Gasteiger partial charge on any atom is -0.320 e. The van der Waals surface area contributed by atoms with Crippen LogP contribution in [0.15, 0.2) is 40.8 Å². The maximum Gasteiger partial charge on any atom is 0.294 e. The molecular formula is C19H17ClN4O4S2. The molecule has 0 saturated heterocycles. The van der Waals surface area contributed by atoms with Gasteiger partial charge in [-0.15, -0.1) is 17.9 Å². The highest BCUT2D eigenvalue weighted by Gasteiger charge is 2.19. The molecule has 156 valence electrons. The van der Waals surface area contributed by atoms with Crippen LogP contribution in [-0.2, 0) is 11.3 Å². The van der Waals surface area contributed by atoms with Crippen LogP contribution in [0.5, 0.6) is 0 Å². The van der Waals surface area contributed by atoms with E-state index >= 15 is 0 Å². The standard InChI is InChI=1S/C19H17ClN4O4S2/c1-4-7-23-18(26)16-10(2)11(3)30-17(16)22-19(23)29-9-15(25)21-13-6-5-12(20)8-14(13)24(27)28/h4-6,8H,1,7,9H2,2-3H3,(H,21,25). The summed E-state index contributed by atoms with van der Waals surface area (Å²) in [6.45, 7) is 7.75. The summed E-state index contributed by atoms with van der Waals surface area (Å²) in [7, 11) is 0. The van der Waals surface area contributed by atoms with Crippen molar-refractivity contribution < 1.29 is 9.72 Å². The Bertz CT molecular complexity index is 1240. The lowest BCUT2D eigenvalue weighted by Crippen LogP contribution is -2.23. The van der Waals surface area contributed by atoms with E-state index in [1.54, 1.807) is 6.08 Å². The Hall–Kier alpha value is -2.69. The number of hydrogen-bond acceptors (Lipinski definition) is 7. The molecule has 30 heavy (non-hydrogen) atoms. The number of nitrogens with one attached hydrogen (secondary N) is 1. The lowest BCUT2D eigenvalue weighted by Gasteiger charge is -2.10. The zero-order valence-corrected chi connectivity index (χ0v) is 18.5. The number of halogens is 1. The summed E-state index contributed by atoms with van der Waals surface area (Å²) in [4.78, 5) is 42.1. The number of aromatic nitrogens is 2. The number of thioether (sulfide) groups is 1. The molecule has 11 heteroatoms. The van der Waals surface area contributed by atoms with Gasteiger partial charge in [0.25, 0.3) is 11.2 Å². The van der Waals surface area contributed by atoms with E-state index < -0.39 is 10.8 Å². The number of thiophene rings is 1. The quantitative estimate of drug-likeness (QED) is 0.181. The number of carbonyl (C=O) groups excluding carboxylic acids is 1. The maximum atomic E-state index is 12.9. The zero-order chi connectivity index (χ0) is 22.0. The molecule has 0 saturated carbocycles. The van der Waals surface area contributed by atoms with Crippen LogP contribution in [0, 0.1) is 24.0 Å². The zero-order valence-electron chi connectivity index (χ0n) is 16.1. The van der Waals surface area contributed by atoms with Crippen molar-refractivity contribution in [2.75, 3.05) is 11.1 Å². The summed E-state index contributed by atoms with van der Waals surface area (Å²) >= 11 is 8.30. The number of hydrogen-bond donors (Lipinski definition) is 1. The number of allylic oxidation sites excluding steroid dienone is 1. The Labute approximate surface area is 184 Å². The van der Waals surface area contributed by atoms with Gasteiger partial charge in [0.1, 0.15) is 10.5 Å². The number of anilines is 1. The number of rotatable bonds is 7. The number of amides is 1. The number of nitro benzene ring substituents is 1. The van der Waals surface area contributed by atoms with Crippen molar-refractivity contribution in [3.8, 4) is 0 Å². The van der Waals surface area contributed by atoms with Crippen molar-refractivity contribution in [2.45, 2.75) is 25.5 Å². The Morgan fingerprint density at radius 3 is 2.87 bits per heavy atom. The average Bonchev–Trinajstić information content (AvgIpc) is 2.98. The van der Waals surface area contributed by atoms with Crippen LogP contribution in [0.4, 0.5) is 11.4 Å². The van der Waals surface area contributed by atoms with Gasteiger partial charge in [-0.1, -0.05) is 29.4 Å². The first-order valence-electron chi connectivity index (χ1n) is 8.71. The second kappa shape index (κ2) is 8.99. The van der Waals surface area contributed by atoms with E-state index in [-0.39, 0.29) is 34.3 Å². The molecule has 0 aliphatic heterocycles. The highest BCUT2D eigenvalue weighted by molar-refractivity contribution is 7.99. The van der Waals surface area contributed by atoms with E-state index in [0.29, 0.717) is 15.4 Å². The molecule has 0 radical (unpaired) electrons. The number of aryl methyl sites for hydroxylation is 2. The molecule has 0 unspecified atom stereocenters.